The molecule has 3 heterocycles. The zero-order chi connectivity index (χ0) is 23.4. The summed E-state index contributed by atoms with van der Waals surface area (Å²) in [5, 5.41) is 3.27. The second-order valence-corrected chi connectivity index (χ2v) is 9.00. The normalized spacial score (nSPS) is 22.0. The van der Waals surface area contributed by atoms with E-state index < -0.39 is 24.0 Å². The van der Waals surface area contributed by atoms with Crippen LogP contribution in [0, 0.1) is 5.92 Å². The van der Waals surface area contributed by atoms with Crippen molar-refractivity contribution in [2.45, 2.75) is 12.1 Å². The van der Waals surface area contributed by atoms with Gasteiger partial charge in [-0.15, -0.1) is 0 Å². The van der Waals surface area contributed by atoms with Gasteiger partial charge in [-0.1, -0.05) is 59.6 Å². The first-order chi connectivity index (χ1) is 16.5. The molecule has 2 saturated heterocycles. The summed E-state index contributed by atoms with van der Waals surface area (Å²) >= 11 is 12.7. The number of carbonyl (C=O) groups excluding carboxylic acids is 2. The Labute approximate surface area is 205 Å². The molecule has 6 nitrogen and oxygen atoms in total. The molecular weight excluding hydrogens is 473 g/mol. The predicted octanol–water partition coefficient (Wildman–Crippen LogP) is 5.59. The Bertz CT molecular complexity index is 1430. The van der Waals surface area contributed by atoms with E-state index in [1.54, 1.807) is 29.3 Å². The minimum atomic E-state index is -0.990. The number of benzene rings is 3. The Morgan fingerprint density at radius 2 is 1.50 bits per heavy atom. The van der Waals surface area contributed by atoms with Crippen molar-refractivity contribution < 1.29 is 14.4 Å². The lowest BCUT2D eigenvalue weighted by atomic mass is 9.90. The number of amides is 2. The molecule has 1 aromatic heterocycles. The average Bonchev–Trinajstić information content (AvgIpc) is 3.36. The third-order valence-corrected chi connectivity index (χ3v) is 6.79. The van der Waals surface area contributed by atoms with Crippen molar-refractivity contribution in [3.8, 4) is 0 Å². The van der Waals surface area contributed by atoms with E-state index in [9.17, 15) is 9.59 Å². The molecule has 0 aliphatic carbocycles. The molecule has 2 aliphatic rings. The zero-order valence-corrected chi connectivity index (χ0v) is 19.1. The third-order valence-electron chi connectivity index (χ3n) is 6.23. The molecule has 0 saturated carbocycles. The van der Waals surface area contributed by atoms with Crippen molar-refractivity contribution in [1.29, 1.82) is 0 Å². The van der Waals surface area contributed by atoms with Crippen LogP contribution >= 0.6 is 23.2 Å². The molecule has 2 amide bonds. The first kappa shape index (κ1) is 21.1. The third kappa shape index (κ3) is 3.26. The number of anilines is 2. The molecule has 0 bridgehead atoms. The number of nitrogens with zero attached hydrogens (tertiary/aromatic N) is 3. The van der Waals surface area contributed by atoms with E-state index in [0.717, 1.165) is 10.9 Å². The highest BCUT2D eigenvalue weighted by atomic mass is 35.5. The second kappa shape index (κ2) is 8.09. The van der Waals surface area contributed by atoms with Gasteiger partial charge in [0.2, 0.25) is 5.91 Å². The van der Waals surface area contributed by atoms with Gasteiger partial charge in [-0.3, -0.25) is 14.4 Å². The van der Waals surface area contributed by atoms with Gasteiger partial charge in [0.05, 0.1) is 22.9 Å². The van der Waals surface area contributed by atoms with E-state index in [1.165, 1.54) is 4.90 Å². The number of carbonyl (C=O) groups is 2. The van der Waals surface area contributed by atoms with E-state index in [0.29, 0.717) is 22.0 Å². The number of para-hydroxylation sites is 2. The van der Waals surface area contributed by atoms with E-state index in [2.05, 4.69) is 4.98 Å². The smallest absolute Gasteiger partial charge is 0.266 e. The van der Waals surface area contributed by atoms with Crippen LogP contribution in [-0.2, 0) is 14.4 Å². The van der Waals surface area contributed by atoms with Gasteiger partial charge in [0.15, 0.2) is 6.10 Å². The molecular formula is C26H17Cl2N3O3. The van der Waals surface area contributed by atoms with Crippen LogP contribution in [-0.4, -0.2) is 22.9 Å². The van der Waals surface area contributed by atoms with Crippen LogP contribution < -0.4 is 9.96 Å². The van der Waals surface area contributed by atoms with Crippen molar-refractivity contribution in [3.63, 3.8) is 0 Å². The Hall–Kier alpha value is -3.45. The Balaban J connectivity index is 1.49. The Morgan fingerprint density at radius 1 is 0.794 bits per heavy atom. The fraction of sp³-hybridized carbons (Fsp3) is 0.115. The first-order valence-electron chi connectivity index (χ1n) is 10.7. The fourth-order valence-electron chi connectivity index (χ4n) is 4.69. The average molecular weight is 490 g/mol. The molecule has 6 rings (SSSR count). The molecule has 4 aromatic rings. The molecule has 0 spiro atoms. The van der Waals surface area contributed by atoms with Crippen LogP contribution in [0.1, 0.15) is 11.6 Å². The number of fused-ring (bicyclic) bond motifs is 2. The zero-order valence-electron chi connectivity index (χ0n) is 17.6. The summed E-state index contributed by atoms with van der Waals surface area (Å²) in [6, 6.07) is 24.8. The molecule has 3 atom stereocenters. The Kier molecular flexibility index (Phi) is 5.03. The second-order valence-electron chi connectivity index (χ2n) is 8.21. The molecule has 34 heavy (non-hydrogen) atoms. The quantitative estimate of drug-likeness (QED) is 0.277. The van der Waals surface area contributed by atoms with Crippen LogP contribution in [0.25, 0.3) is 10.9 Å². The summed E-state index contributed by atoms with van der Waals surface area (Å²) in [6.07, 6.45) is -0.990. The maximum absolute atomic E-state index is 13.7. The number of hydrogen-bond donors (Lipinski definition) is 0. The highest BCUT2D eigenvalue weighted by Gasteiger charge is 2.60. The van der Waals surface area contributed by atoms with Gasteiger partial charge in [-0.05, 0) is 48.5 Å². The van der Waals surface area contributed by atoms with Crippen LogP contribution in [0.4, 0.5) is 11.4 Å². The van der Waals surface area contributed by atoms with Crippen molar-refractivity contribution in [3.05, 3.63) is 101 Å². The first-order valence-corrected chi connectivity index (χ1v) is 11.5. The number of imide groups is 1. The van der Waals surface area contributed by atoms with Gasteiger partial charge in [-0.2, -0.15) is 0 Å². The molecule has 8 heteroatoms. The molecule has 2 aliphatic heterocycles. The largest absolute Gasteiger partial charge is 0.273 e. The number of halogens is 2. The lowest BCUT2D eigenvalue weighted by molar-refractivity contribution is -0.126. The van der Waals surface area contributed by atoms with Crippen molar-refractivity contribution >= 4 is 57.3 Å². The summed E-state index contributed by atoms with van der Waals surface area (Å²) in [4.78, 5) is 39.0. The lowest BCUT2D eigenvalue weighted by Gasteiger charge is -2.29. The van der Waals surface area contributed by atoms with Gasteiger partial charge in [0, 0.05) is 16.0 Å². The summed E-state index contributed by atoms with van der Waals surface area (Å²) in [5.74, 6) is -1.58. The Morgan fingerprint density at radius 3 is 2.26 bits per heavy atom. The van der Waals surface area contributed by atoms with E-state index >= 15 is 0 Å². The number of rotatable bonds is 3. The van der Waals surface area contributed by atoms with Gasteiger partial charge in [0.25, 0.3) is 5.91 Å². The number of hydrogen-bond acceptors (Lipinski definition) is 5. The highest BCUT2D eigenvalue weighted by Crippen LogP contribution is 2.49. The minimum absolute atomic E-state index is 0.263. The van der Waals surface area contributed by atoms with Crippen molar-refractivity contribution in [2.24, 2.45) is 5.92 Å². The number of pyridine rings is 1. The molecule has 2 fully saturated rings. The summed E-state index contributed by atoms with van der Waals surface area (Å²) < 4.78 is 0. The lowest BCUT2D eigenvalue weighted by Crippen LogP contribution is -2.37. The minimum Gasteiger partial charge on any atom is -0.273 e. The monoisotopic (exact) mass is 489 g/mol. The summed E-state index contributed by atoms with van der Waals surface area (Å²) in [7, 11) is 0. The molecule has 3 aromatic carbocycles. The summed E-state index contributed by atoms with van der Waals surface area (Å²) in [6.45, 7) is 0. The summed E-state index contributed by atoms with van der Waals surface area (Å²) in [5.41, 5.74) is 2.53. The maximum atomic E-state index is 13.7. The number of aromatic nitrogens is 1. The molecule has 0 radical (unpaired) electrons. The van der Waals surface area contributed by atoms with Crippen LogP contribution in [0.15, 0.2) is 84.9 Å². The molecule has 168 valence electrons. The maximum Gasteiger partial charge on any atom is 0.266 e. The standard InChI is InChI=1S/C26H17Cl2N3O3/c27-16-10-12-17(13-11-16)30-25(32)21-22(19-14-15-6-4-5-9-20(15)29-24(19)28)31(34-23(21)26(30)33)18-7-2-1-3-8-18/h1-14,21-23H/t21-,22+,23-/m1/s1. The van der Waals surface area contributed by atoms with Gasteiger partial charge in [0.1, 0.15) is 11.1 Å². The van der Waals surface area contributed by atoms with Gasteiger partial charge < -0.3 is 0 Å². The van der Waals surface area contributed by atoms with E-state index in [1.807, 2.05) is 60.7 Å². The van der Waals surface area contributed by atoms with Crippen LogP contribution in [0.5, 0.6) is 0 Å². The topological polar surface area (TPSA) is 62.7 Å². The molecule has 0 unspecified atom stereocenters. The molecule has 0 N–H and O–H groups in total. The van der Waals surface area contributed by atoms with Gasteiger partial charge >= 0.3 is 0 Å². The van der Waals surface area contributed by atoms with Crippen LogP contribution in [0.2, 0.25) is 10.2 Å². The van der Waals surface area contributed by atoms with E-state index in [4.69, 9.17) is 28.0 Å². The van der Waals surface area contributed by atoms with Crippen molar-refractivity contribution in [1.82, 2.24) is 4.98 Å². The fourth-order valence-corrected chi connectivity index (χ4v) is 5.07. The number of hydroxylamine groups is 1. The van der Waals surface area contributed by atoms with Crippen molar-refractivity contribution in [2.75, 3.05) is 9.96 Å². The van der Waals surface area contributed by atoms with E-state index in [-0.39, 0.29) is 11.1 Å². The predicted molar refractivity (Wildman–Crippen MR) is 131 cm³/mol. The highest BCUT2D eigenvalue weighted by molar-refractivity contribution is 6.31. The van der Waals surface area contributed by atoms with Crippen LogP contribution in [0.3, 0.4) is 0 Å². The SMILES string of the molecule is O=C1[C@H]2[C@@H](ON(c3ccccc3)[C@H]2c2cc3ccccc3nc2Cl)C(=O)N1c1ccc(Cl)cc1. The van der Waals surface area contributed by atoms with Gasteiger partial charge in [-0.25, -0.2) is 14.9 Å².